The highest BCUT2D eigenvalue weighted by Gasteiger charge is 2.28. The lowest BCUT2D eigenvalue weighted by Crippen LogP contribution is -2.51. The summed E-state index contributed by atoms with van der Waals surface area (Å²) in [6.45, 7) is 5.30. The number of rotatable bonds is 4. The number of urea groups is 1. The van der Waals surface area contributed by atoms with E-state index in [2.05, 4.69) is 10.2 Å². The highest BCUT2D eigenvalue weighted by molar-refractivity contribution is 6.30. The molecule has 2 aromatic rings. The van der Waals surface area contributed by atoms with Crippen LogP contribution in [0.5, 0.6) is 0 Å². The van der Waals surface area contributed by atoms with Crippen molar-refractivity contribution in [1.82, 2.24) is 14.7 Å². The maximum Gasteiger partial charge on any atom is 0.322 e. The van der Waals surface area contributed by atoms with E-state index in [9.17, 15) is 9.59 Å². The summed E-state index contributed by atoms with van der Waals surface area (Å²) >= 11 is 6.00. The zero-order chi connectivity index (χ0) is 21.6. The van der Waals surface area contributed by atoms with Crippen molar-refractivity contribution in [2.45, 2.75) is 12.5 Å². The zero-order valence-corrected chi connectivity index (χ0v) is 18.1. The molecule has 0 unspecified atom stereocenters. The number of nitrogens with one attached hydrogen (secondary N) is 1. The molecule has 8 nitrogen and oxygen atoms in total. The van der Waals surface area contributed by atoms with Crippen LogP contribution in [0.1, 0.15) is 17.0 Å². The van der Waals surface area contributed by atoms with E-state index in [1.165, 1.54) is 6.26 Å². The summed E-state index contributed by atoms with van der Waals surface area (Å²) in [6.07, 6.45) is 2.34. The second-order valence-electron chi connectivity index (χ2n) is 7.80. The molecule has 0 bridgehead atoms. The Kier molecular flexibility index (Phi) is 7.11. The summed E-state index contributed by atoms with van der Waals surface area (Å²) in [4.78, 5) is 31.1. The molecular formula is C22H27ClN4O4. The fourth-order valence-electron chi connectivity index (χ4n) is 3.98. The van der Waals surface area contributed by atoms with Gasteiger partial charge in [0.2, 0.25) is 0 Å². The number of amides is 3. The van der Waals surface area contributed by atoms with E-state index in [-0.39, 0.29) is 18.0 Å². The molecule has 0 saturated carbocycles. The van der Waals surface area contributed by atoms with Gasteiger partial charge in [0.15, 0.2) is 5.76 Å². The molecule has 0 spiro atoms. The quantitative estimate of drug-likeness (QED) is 0.781. The number of furan rings is 1. The Morgan fingerprint density at radius 1 is 1.06 bits per heavy atom. The van der Waals surface area contributed by atoms with E-state index in [4.69, 9.17) is 20.8 Å². The number of morpholine rings is 1. The Hall–Kier alpha value is -2.55. The van der Waals surface area contributed by atoms with Gasteiger partial charge in [-0.1, -0.05) is 17.7 Å². The average molecular weight is 447 g/mol. The van der Waals surface area contributed by atoms with Crippen LogP contribution in [0.2, 0.25) is 5.02 Å². The van der Waals surface area contributed by atoms with E-state index in [1.54, 1.807) is 35.2 Å². The molecule has 1 atom stereocenters. The minimum atomic E-state index is -0.151. The van der Waals surface area contributed by atoms with Crippen LogP contribution in [0.4, 0.5) is 10.5 Å². The molecule has 166 valence electrons. The van der Waals surface area contributed by atoms with Crippen molar-refractivity contribution >= 4 is 29.2 Å². The number of hydrogen-bond acceptors (Lipinski definition) is 5. The van der Waals surface area contributed by atoms with Crippen LogP contribution in [-0.2, 0) is 4.74 Å². The Balaban J connectivity index is 1.27. The molecule has 2 aliphatic rings. The molecule has 3 amide bonds. The Labute approximate surface area is 186 Å². The molecule has 2 saturated heterocycles. The molecular weight excluding hydrogens is 420 g/mol. The SMILES string of the molecule is O=C(Nc1cccc(Cl)c1)N1CCO[C@@H](CN2CCCN(C(=O)c3ccco3)CC2)C1. The second-order valence-corrected chi connectivity index (χ2v) is 8.24. The first-order chi connectivity index (χ1) is 15.1. The maximum atomic E-state index is 12.7. The Bertz CT molecular complexity index is 891. The van der Waals surface area contributed by atoms with Crippen molar-refractivity contribution in [3.63, 3.8) is 0 Å². The van der Waals surface area contributed by atoms with Gasteiger partial charge in [0.05, 0.1) is 19.0 Å². The highest BCUT2D eigenvalue weighted by atomic mass is 35.5. The zero-order valence-electron chi connectivity index (χ0n) is 17.3. The number of anilines is 1. The molecule has 0 aliphatic carbocycles. The van der Waals surface area contributed by atoms with Crippen molar-refractivity contribution < 1.29 is 18.7 Å². The molecule has 4 rings (SSSR count). The second kappa shape index (κ2) is 10.2. The number of carbonyl (C=O) groups excluding carboxylic acids is 2. The molecule has 9 heteroatoms. The van der Waals surface area contributed by atoms with E-state index in [0.29, 0.717) is 49.3 Å². The largest absolute Gasteiger partial charge is 0.459 e. The molecule has 1 aromatic heterocycles. The molecule has 3 heterocycles. The van der Waals surface area contributed by atoms with Crippen LogP contribution in [0, 0.1) is 0 Å². The lowest BCUT2D eigenvalue weighted by molar-refractivity contribution is -0.0283. The minimum absolute atomic E-state index is 0.0637. The number of ether oxygens (including phenoxy) is 1. The van der Waals surface area contributed by atoms with Crippen LogP contribution in [0.3, 0.4) is 0 Å². The third kappa shape index (κ3) is 5.78. The predicted octanol–water partition coefficient (Wildman–Crippen LogP) is 3.01. The van der Waals surface area contributed by atoms with E-state index in [0.717, 1.165) is 26.1 Å². The lowest BCUT2D eigenvalue weighted by atomic mass is 10.2. The summed E-state index contributed by atoms with van der Waals surface area (Å²) in [5, 5.41) is 3.48. The summed E-state index contributed by atoms with van der Waals surface area (Å²) in [5.74, 6) is 0.315. The van der Waals surface area contributed by atoms with Gasteiger partial charge >= 0.3 is 6.03 Å². The summed E-state index contributed by atoms with van der Waals surface area (Å²) in [6, 6.07) is 10.4. The Morgan fingerprint density at radius 2 is 1.97 bits per heavy atom. The monoisotopic (exact) mass is 446 g/mol. The van der Waals surface area contributed by atoms with Crippen LogP contribution >= 0.6 is 11.6 Å². The maximum absolute atomic E-state index is 12.7. The van der Waals surface area contributed by atoms with Crippen molar-refractivity contribution in [1.29, 1.82) is 0 Å². The van der Waals surface area contributed by atoms with E-state index in [1.807, 2.05) is 11.0 Å². The van der Waals surface area contributed by atoms with Crippen molar-refractivity contribution in [2.24, 2.45) is 0 Å². The van der Waals surface area contributed by atoms with Crippen molar-refractivity contribution in [3.05, 3.63) is 53.4 Å². The smallest absolute Gasteiger partial charge is 0.322 e. The first kappa shape index (κ1) is 21.7. The van der Waals surface area contributed by atoms with Gasteiger partial charge in [-0.25, -0.2) is 4.79 Å². The van der Waals surface area contributed by atoms with E-state index >= 15 is 0 Å². The van der Waals surface area contributed by atoms with Gasteiger partial charge < -0.3 is 24.3 Å². The molecule has 31 heavy (non-hydrogen) atoms. The fourth-order valence-corrected chi connectivity index (χ4v) is 4.17. The van der Waals surface area contributed by atoms with Gasteiger partial charge in [-0.05, 0) is 43.3 Å². The normalized spacial score (nSPS) is 20.4. The van der Waals surface area contributed by atoms with Crippen LogP contribution in [0.15, 0.2) is 47.1 Å². The minimum Gasteiger partial charge on any atom is -0.459 e. The van der Waals surface area contributed by atoms with Gasteiger partial charge in [0.25, 0.3) is 5.91 Å². The third-order valence-corrected chi connectivity index (χ3v) is 5.81. The van der Waals surface area contributed by atoms with Gasteiger partial charge in [-0.15, -0.1) is 0 Å². The number of halogens is 1. The first-order valence-electron chi connectivity index (χ1n) is 10.6. The average Bonchev–Trinajstić information content (AvgIpc) is 3.21. The summed E-state index contributed by atoms with van der Waals surface area (Å²) < 4.78 is 11.2. The predicted molar refractivity (Wildman–Crippen MR) is 117 cm³/mol. The topological polar surface area (TPSA) is 78.3 Å². The van der Waals surface area contributed by atoms with Crippen LogP contribution in [0.25, 0.3) is 0 Å². The summed E-state index contributed by atoms with van der Waals surface area (Å²) in [7, 11) is 0. The van der Waals surface area contributed by atoms with Crippen molar-refractivity contribution in [3.8, 4) is 0 Å². The molecule has 0 radical (unpaired) electrons. The number of nitrogens with zero attached hydrogens (tertiary/aromatic N) is 3. The van der Waals surface area contributed by atoms with E-state index < -0.39 is 0 Å². The van der Waals surface area contributed by atoms with Gasteiger partial charge in [-0.2, -0.15) is 0 Å². The number of carbonyl (C=O) groups is 2. The molecule has 1 N–H and O–H groups in total. The number of benzene rings is 1. The van der Waals surface area contributed by atoms with Crippen LogP contribution in [-0.4, -0.2) is 85.2 Å². The highest BCUT2D eigenvalue weighted by Crippen LogP contribution is 2.17. The molecule has 2 fully saturated rings. The van der Waals surface area contributed by atoms with Gasteiger partial charge in [0.1, 0.15) is 0 Å². The summed E-state index contributed by atoms with van der Waals surface area (Å²) in [5.41, 5.74) is 0.675. The Morgan fingerprint density at radius 3 is 2.77 bits per heavy atom. The lowest BCUT2D eigenvalue weighted by Gasteiger charge is -2.35. The third-order valence-electron chi connectivity index (χ3n) is 5.57. The van der Waals surface area contributed by atoms with Gasteiger partial charge in [-0.3, -0.25) is 9.69 Å². The standard InChI is InChI=1S/C22H27ClN4O4/c23-17-4-1-5-18(14-17)24-22(29)27-11-13-30-19(16-27)15-25-7-3-8-26(10-9-25)21(28)20-6-2-12-31-20/h1-2,4-6,12,14,19H,3,7-11,13,15-16H2,(H,24,29)/t19-/m0/s1. The van der Waals surface area contributed by atoms with Gasteiger partial charge in [0, 0.05) is 50.0 Å². The fraction of sp³-hybridized carbons (Fsp3) is 0.455. The molecule has 1 aromatic carbocycles. The number of hydrogen-bond donors (Lipinski definition) is 1. The van der Waals surface area contributed by atoms with Crippen molar-refractivity contribution in [2.75, 3.05) is 57.7 Å². The van der Waals surface area contributed by atoms with Crippen LogP contribution < -0.4 is 5.32 Å². The molecule has 2 aliphatic heterocycles. The first-order valence-corrected chi connectivity index (χ1v) is 10.9.